The summed E-state index contributed by atoms with van der Waals surface area (Å²) in [7, 11) is 3.00. The van der Waals surface area contributed by atoms with Crippen molar-refractivity contribution >= 4 is 17.3 Å². The van der Waals surface area contributed by atoms with Crippen LogP contribution >= 0.6 is 0 Å². The highest BCUT2D eigenvalue weighted by atomic mass is 19.1. The first-order valence-corrected chi connectivity index (χ1v) is 7.25. The summed E-state index contributed by atoms with van der Waals surface area (Å²) in [4.78, 5) is 12.0. The van der Waals surface area contributed by atoms with Crippen LogP contribution in [0.25, 0.3) is 0 Å². The van der Waals surface area contributed by atoms with Crippen molar-refractivity contribution in [2.45, 2.75) is 6.42 Å². The fourth-order valence-corrected chi connectivity index (χ4v) is 2.09. The second kappa shape index (κ2) is 8.14. The Labute approximate surface area is 138 Å². The molecule has 0 saturated heterocycles. The van der Waals surface area contributed by atoms with Crippen molar-refractivity contribution in [2.75, 3.05) is 31.4 Å². The van der Waals surface area contributed by atoms with E-state index in [1.165, 1.54) is 20.3 Å². The lowest BCUT2D eigenvalue weighted by molar-refractivity contribution is -0.116. The van der Waals surface area contributed by atoms with Gasteiger partial charge in [0.05, 0.1) is 19.9 Å². The van der Waals surface area contributed by atoms with Crippen LogP contribution in [0.2, 0.25) is 0 Å². The van der Waals surface area contributed by atoms with Gasteiger partial charge in [0.15, 0.2) is 0 Å². The Hall–Kier alpha value is -2.83. The molecule has 0 radical (unpaired) electrons. The molecule has 128 valence electrons. The van der Waals surface area contributed by atoms with Gasteiger partial charge >= 0.3 is 0 Å². The van der Waals surface area contributed by atoms with Crippen molar-refractivity contribution in [2.24, 2.45) is 0 Å². The van der Waals surface area contributed by atoms with Gasteiger partial charge in [0, 0.05) is 19.0 Å². The van der Waals surface area contributed by atoms with Crippen LogP contribution in [0.5, 0.6) is 11.5 Å². The van der Waals surface area contributed by atoms with E-state index in [1.54, 1.807) is 18.2 Å². The number of halogens is 2. The normalized spacial score (nSPS) is 10.2. The minimum absolute atomic E-state index is 0.0220. The highest BCUT2D eigenvalue weighted by Crippen LogP contribution is 2.29. The molecule has 2 rings (SSSR count). The summed E-state index contributed by atoms with van der Waals surface area (Å²) >= 11 is 0. The maximum absolute atomic E-state index is 13.5. The van der Waals surface area contributed by atoms with Crippen LogP contribution < -0.4 is 20.1 Å². The summed E-state index contributed by atoms with van der Waals surface area (Å²) in [6.45, 7) is 0.0793. The summed E-state index contributed by atoms with van der Waals surface area (Å²) in [6.07, 6.45) is 0.0220. The maximum atomic E-state index is 13.5. The average molecular weight is 336 g/mol. The van der Waals surface area contributed by atoms with E-state index < -0.39 is 11.6 Å². The number of ether oxygens (including phenoxy) is 2. The Bertz CT molecular complexity index is 703. The van der Waals surface area contributed by atoms with Gasteiger partial charge < -0.3 is 20.1 Å². The Kier molecular flexibility index (Phi) is 5.95. The van der Waals surface area contributed by atoms with Crippen molar-refractivity contribution in [3.8, 4) is 11.5 Å². The zero-order chi connectivity index (χ0) is 17.5. The van der Waals surface area contributed by atoms with Gasteiger partial charge in [-0.3, -0.25) is 4.79 Å². The Morgan fingerprint density at radius 1 is 1.08 bits per heavy atom. The van der Waals surface area contributed by atoms with Gasteiger partial charge in [-0.2, -0.15) is 0 Å². The van der Waals surface area contributed by atoms with Crippen LogP contribution in [0.3, 0.4) is 0 Å². The molecule has 2 aromatic rings. The molecule has 0 saturated carbocycles. The van der Waals surface area contributed by atoms with Crippen molar-refractivity contribution < 1.29 is 23.0 Å². The molecule has 0 aliphatic rings. The minimum atomic E-state index is -0.704. The molecule has 24 heavy (non-hydrogen) atoms. The molecule has 5 nitrogen and oxygen atoms in total. The molecule has 7 heteroatoms. The van der Waals surface area contributed by atoms with Gasteiger partial charge in [0.25, 0.3) is 0 Å². The number of anilines is 2. The molecule has 2 aromatic carbocycles. The molecular formula is C17H18F2N2O3. The van der Waals surface area contributed by atoms with E-state index in [0.717, 1.165) is 12.1 Å². The number of hydrogen-bond donors (Lipinski definition) is 2. The number of para-hydroxylation sites is 1. The van der Waals surface area contributed by atoms with Gasteiger partial charge in [-0.05, 0) is 24.3 Å². The molecule has 0 aromatic heterocycles. The van der Waals surface area contributed by atoms with Gasteiger partial charge in [-0.15, -0.1) is 0 Å². The highest BCUT2D eigenvalue weighted by Gasteiger charge is 2.11. The van der Waals surface area contributed by atoms with Crippen LogP contribution in [-0.2, 0) is 4.79 Å². The number of amides is 1. The second-order valence-corrected chi connectivity index (χ2v) is 4.89. The van der Waals surface area contributed by atoms with Crippen LogP contribution in [-0.4, -0.2) is 26.7 Å². The quantitative estimate of drug-likeness (QED) is 0.813. The summed E-state index contributed by atoms with van der Waals surface area (Å²) in [6, 6.07) is 8.57. The zero-order valence-electron chi connectivity index (χ0n) is 13.4. The largest absolute Gasteiger partial charge is 0.497 e. The van der Waals surface area contributed by atoms with Crippen LogP contribution in [0.1, 0.15) is 6.42 Å². The number of carbonyl (C=O) groups is 1. The molecule has 0 aliphatic carbocycles. The summed E-state index contributed by atoms with van der Waals surface area (Å²) in [5.74, 6) is -0.685. The SMILES string of the molecule is COc1ccc(OC)c(NC(=O)CCNc2c(F)cccc2F)c1. The summed E-state index contributed by atoms with van der Waals surface area (Å²) < 4.78 is 37.2. The van der Waals surface area contributed by atoms with E-state index >= 15 is 0 Å². The third-order valence-corrected chi connectivity index (χ3v) is 3.30. The lowest BCUT2D eigenvalue weighted by atomic mass is 10.2. The van der Waals surface area contributed by atoms with E-state index in [4.69, 9.17) is 9.47 Å². The second-order valence-electron chi connectivity index (χ2n) is 4.89. The number of carbonyl (C=O) groups excluding carboxylic acids is 1. The third-order valence-electron chi connectivity index (χ3n) is 3.30. The molecule has 0 fully saturated rings. The monoisotopic (exact) mass is 336 g/mol. The van der Waals surface area contributed by atoms with Crippen molar-refractivity contribution in [1.82, 2.24) is 0 Å². The topological polar surface area (TPSA) is 59.6 Å². The first kappa shape index (κ1) is 17.5. The standard InChI is InChI=1S/C17H18F2N2O3/c1-23-11-6-7-15(24-2)14(10-11)21-16(22)8-9-20-17-12(18)4-3-5-13(17)19/h3-7,10,20H,8-9H2,1-2H3,(H,21,22). The molecular weight excluding hydrogens is 318 g/mol. The Morgan fingerprint density at radius 3 is 2.42 bits per heavy atom. The molecule has 0 bridgehead atoms. The minimum Gasteiger partial charge on any atom is -0.497 e. The molecule has 1 amide bonds. The third kappa shape index (κ3) is 4.34. The van der Waals surface area contributed by atoms with Gasteiger partial charge in [0.1, 0.15) is 28.8 Å². The molecule has 0 unspecified atom stereocenters. The number of methoxy groups -OCH3 is 2. The molecule has 0 spiro atoms. The van der Waals surface area contributed by atoms with E-state index in [1.807, 2.05) is 0 Å². The highest BCUT2D eigenvalue weighted by molar-refractivity contribution is 5.92. The van der Waals surface area contributed by atoms with Gasteiger partial charge in [-0.1, -0.05) is 6.07 Å². The summed E-state index contributed by atoms with van der Waals surface area (Å²) in [5.41, 5.74) is 0.211. The van der Waals surface area contributed by atoms with Crippen molar-refractivity contribution in [3.05, 3.63) is 48.0 Å². The number of nitrogens with one attached hydrogen (secondary N) is 2. The lowest BCUT2D eigenvalue weighted by Gasteiger charge is -2.12. The fraction of sp³-hybridized carbons (Fsp3) is 0.235. The lowest BCUT2D eigenvalue weighted by Crippen LogP contribution is -2.17. The van der Waals surface area contributed by atoms with Crippen molar-refractivity contribution in [3.63, 3.8) is 0 Å². The van der Waals surface area contributed by atoms with Gasteiger partial charge in [0.2, 0.25) is 5.91 Å². The number of hydrogen-bond acceptors (Lipinski definition) is 4. The van der Waals surface area contributed by atoms with Crippen LogP contribution in [0.4, 0.5) is 20.2 Å². The fourth-order valence-electron chi connectivity index (χ4n) is 2.09. The number of benzene rings is 2. The average Bonchev–Trinajstić information content (AvgIpc) is 2.57. The van der Waals surface area contributed by atoms with Gasteiger partial charge in [-0.25, -0.2) is 8.78 Å². The van der Waals surface area contributed by atoms with Crippen LogP contribution in [0, 0.1) is 11.6 Å². The zero-order valence-corrected chi connectivity index (χ0v) is 13.4. The predicted molar refractivity (Wildman–Crippen MR) is 87.6 cm³/mol. The van der Waals surface area contributed by atoms with E-state index in [2.05, 4.69) is 10.6 Å². The Balaban J connectivity index is 1.94. The van der Waals surface area contributed by atoms with E-state index in [-0.39, 0.29) is 24.6 Å². The van der Waals surface area contributed by atoms with E-state index in [9.17, 15) is 13.6 Å². The molecule has 0 heterocycles. The molecule has 2 N–H and O–H groups in total. The Morgan fingerprint density at radius 2 is 1.79 bits per heavy atom. The van der Waals surface area contributed by atoms with E-state index in [0.29, 0.717) is 17.2 Å². The smallest absolute Gasteiger partial charge is 0.226 e. The molecule has 0 atom stereocenters. The first-order valence-electron chi connectivity index (χ1n) is 7.25. The van der Waals surface area contributed by atoms with Crippen molar-refractivity contribution in [1.29, 1.82) is 0 Å². The number of rotatable bonds is 7. The van der Waals surface area contributed by atoms with Crippen LogP contribution in [0.15, 0.2) is 36.4 Å². The first-order chi connectivity index (χ1) is 11.5. The summed E-state index contributed by atoms with van der Waals surface area (Å²) in [5, 5.41) is 5.26. The predicted octanol–water partition coefficient (Wildman–Crippen LogP) is 3.42. The molecule has 0 aliphatic heterocycles. The maximum Gasteiger partial charge on any atom is 0.226 e.